The van der Waals surface area contributed by atoms with E-state index in [0.717, 1.165) is 6.07 Å². The van der Waals surface area contributed by atoms with Gasteiger partial charge in [0.1, 0.15) is 5.60 Å². The summed E-state index contributed by atoms with van der Waals surface area (Å²) in [6.45, 7) is 0.792. The second kappa shape index (κ2) is 3.69. The Morgan fingerprint density at radius 3 is 2.86 bits per heavy atom. The molecule has 0 spiro atoms. The molecule has 0 saturated heterocycles. The van der Waals surface area contributed by atoms with Crippen LogP contribution in [0.5, 0.6) is 0 Å². The third-order valence-corrected chi connectivity index (χ3v) is 1.81. The number of nitrogens with zero attached hydrogens (tertiary/aromatic N) is 2. The molecule has 1 atom stereocenters. The Bertz CT molecular complexity index is 351. The van der Waals surface area contributed by atoms with E-state index in [1.807, 2.05) is 0 Å². The molecular weight excluding hydrogens is 188 g/mol. The summed E-state index contributed by atoms with van der Waals surface area (Å²) in [5, 5.41) is 28.8. The summed E-state index contributed by atoms with van der Waals surface area (Å²) in [7, 11) is 0. The van der Waals surface area contributed by atoms with Gasteiger partial charge in [-0.25, -0.2) is 0 Å². The van der Waals surface area contributed by atoms with Gasteiger partial charge in [0.05, 0.1) is 17.2 Å². The van der Waals surface area contributed by atoms with Crippen molar-refractivity contribution in [1.82, 2.24) is 4.98 Å². The van der Waals surface area contributed by atoms with Crippen LogP contribution in [0.1, 0.15) is 12.6 Å². The number of nitro groups is 1. The Morgan fingerprint density at radius 1 is 1.71 bits per heavy atom. The molecule has 0 bridgehead atoms. The summed E-state index contributed by atoms with van der Waals surface area (Å²) in [5.74, 6) is 0. The van der Waals surface area contributed by atoms with Crippen molar-refractivity contribution in [2.75, 3.05) is 6.61 Å². The van der Waals surface area contributed by atoms with Gasteiger partial charge in [-0.05, 0) is 6.92 Å². The zero-order valence-corrected chi connectivity index (χ0v) is 7.54. The van der Waals surface area contributed by atoms with Crippen LogP contribution in [0, 0.1) is 10.1 Å². The zero-order chi connectivity index (χ0) is 10.8. The lowest BCUT2D eigenvalue weighted by Crippen LogP contribution is -2.27. The van der Waals surface area contributed by atoms with E-state index in [9.17, 15) is 15.2 Å². The molecule has 76 valence electrons. The van der Waals surface area contributed by atoms with Gasteiger partial charge in [-0.15, -0.1) is 0 Å². The quantitative estimate of drug-likeness (QED) is 0.533. The molecule has 1 aromatic rings. The van der Waals surface area contributed by atoms with Crippen LogP contribution in [-0.4, -0.2) is 26.7 Å². The molecule has 0 fully saturated rings. The summed E-state index contributed by atoms with van der Waals surface area (Å²) < 4.78 is 0. The van der Waals surface area contributed by atoms with Gasteiger partial charge in [0, 0.05) is 18.3 Å². The van der Waals surface area contributed by atoms with Crippen LogP contribution in [0.15, 0.2) is 18.3 Å². The lowest BCUT2D eigenvalue weighted by Gasteiger charge is -2.18. The van der Waals surface area contributed by atoms with Crippen molar-refractivity contribution in [2.45, 2.75) is 12.5 Å². The summed E-state index contributed by atoms with van der Waals surface area (Å²) in [4.78, 5) is 13.6. The van der Waals surface area contributed by atoms with Crippen LogP contribution >= 0.6 is 0 Å². The van der Waals surface area contributed by atoms with E-state index in [1.54, 1.807) is 0 Å². The second-order valence-electron chi connectivity index (χ2n) is 3.09. The van der Waals surface area contributed by atoms with Gasteiger partial charge in [-0.3, -0.25) is 15.1 Å². The third-order valence-electron chi connectivity index (χ3n) is 1.81. The molecule has 14 heavy (non-hydrogen) atoms. The SMILES string of the molecule is C[C@](O)(CO)c1cc([N+](=O)[O-])ccn1. The summed E-state index contributed by atoms with van der Waals surface area (Å²) in [6.07, 6.45) is 1.22. The molecule has 1 heterocycles. The normalized spacial score (nSPS) is 14.8. The highest BCUT2D eigenvalue weighted by molar-refractivity contribution is 5.31. The van der Waals surface area contributed by atoms with Gasteiger partial charge < -0.3 is 10.2 Å². The minimum absolute atomic E-state index is 0.0780. The number of pyridine rings is 1. The molecule has 0 aliphatic carbocycles. The van der Waals surface area contributed by atoms with Gasteiger partial charge >= 0.3 is 0 Å². The third kappa shape index (κ3) is 2.04. The van der Waals surface area contributed by atoms with Gasteiger partial charge in [-0.1, -0.05) is 0 Å². The van der Waals surface area contributed by atoms with E-state index in [2.05, 4.69) is 4.98 Å². The maximum Gasteiger partial charge on any atom is 0.272 e. The van der Waals surface area contributed by atoms with Crippen LogP contribution in [0.25, 0.3) is 0 Å². The number of aromatic nitrogens is 1. The molecular formula is C8H10N2O4. The smallest absolute Gasteiger partial charge is 0.272 e. The van der Waals surface area contributed by atoms with E-state index in [-0.39, 0.29) is 11.4 Å². The summed E-state index contributed by atoms with van der Waals surface area (Å²) in [5.41, 5.74) is -1.63. The zero-order valence-electron chi connectivity index (χ0n) is 7.54. The van der Waals surface area contributed by atoms with E-state index in [4.69, 9.17) is 5.11 Å². The predicted molar refractivity (Wildman–Crippen MR) is 47.5 cm³/mol. The molecule has 0 aliphatic heterocycles. The van der Waals surface area contributed by atoms with Crippen LogP contribution in [-0.2, 0) is 5.60 Å². The van der Waals surface area contributed by atoms with Crippen molar-refractivity contribution in [3.63, 3.8) is 0 Å². The number of aliphatic hydroxyl groups is 2. The van der Waals surface area contributed by atoms with Crippen molar-refractivity contribution in [3.8, 4) is 0 Å². The summed E-state index contributed by atoms with van der Waals surface area (Å²) >= 11 is 0. The van der Waals surface area contributed by atoms with Crippen molar-refractivity contribution in [3.05, 3.63) is 34.1 Å². The largest absolute Gasteiger partial charge is 0.393 e. The van der Waals surface area contributed by atoms with Gasteiger partial charge in [0.25, 0.3) is 5.69 Å². The van der Waals surface area contributed by atoms with Crippen molar-refractivity contribution >= 4 is 5.69 Å². The van der Waals surface area contributed by atoms with E-state index in [1.165, 1.54) is 19.2 Å². The number of hydrogen-bond acceptors (Lipinski definition) is 5. The van der Waals surface area contributed by atoms with Crippen LogP contribution in [0.2, 0.25) is 0 Å². The van der Waals surface area contributed by atoms with E-state index in [0.29, 0.717) is 0 Å². The maximum atomic E-state index is 10.4. The Labute approximate surface area is 80.0 Å². The minimum atomic E-state index is -1.55. The first-order valence-corrected chi connectivity index (χ1v) is 3.91. The van der Waals surface area contributed by atoms with Crippen LogP contribution < -0.4 is 0 Å². The fraction of sp³-hybridized carbons (Fsp3) is 0.375. The van der Waals surface area contributed by atoms with Gasteiger partial charge in [0.15, 0.2) is 0 Å². The van der Waals surface area contributed by atoms with Crippen molar-refractivity contribution < 1.29 is 15.1 Å². The first-order valence-electron chi connectivity index (χ1n) is 3.91. The number of hydrogen-bond donors (Lipinski definition) is 2. The molecule has 1 rings (SSSR count). The predicted octanol–water partition coefficient (Wildman–Crippen LogP) is 0.190. The molecule has 0 unspecified atom stereocenters. The van der Waals surface area contributed by atoms with E-state index < -0.39 is 17.1 Å². The highest BCUT2D eigenvalue weighted by Gasteiger charge is 2.25. The average Bonchev–Trinajstić information content (AvgIpc) is 2.18. The second-order valence-corrected chi connectivity index (χ2v) is 3.09. The first kappa shape index (κ1) is 10.6. The molecule has 0 aliphatic rings. The monoisotopic (exact) mass is 198 g/mol. The van der Waals surface area contributed by atoms with Crippen LogP contribution in [0.4, 0.5) is 5.69 Å². The number of rotatable bonds is 3. The molecule has 0 radical (unpaired) electrons. The molecule has 1 aromatic heterocycles. The van der Waals surface area contributed by atoms with Crippen molar-refractivity contribution in [1.29, 1.82) is 0 Å². The topological polar surface area (TPSA) is 96.5 Å². The van der Waals surface area contributed by atoms with E-state index >= 15 is 0 Å². The molecule has 0 aromatic carbocycles. The highest BCUT2D eigenvalue weighted by Crippen LogP contribution is 2.21. The fourth-order valence-corrected chi connectivity index (χ4v) is 0.908. The molecule has 0 saturated carbocycles. The Kier molecular flexibility index (Phi) is 2.78. The highest BCUT2D eigenvalue weighted by atomic mass is 16.6. The Balaban J connectivity index is 3.12. The lowest BCUT2D eigenvalue weighted by molar-refractivity contribution is -0.385. The maximum absolute atomic E-state index is 10.4. The van der Waals surface area contributed by atoms with Crippen molar-refractivity contribution in [2.24, 2.45) is 0 Å². The molecule has 6 heteroatoms. The van der Waals surface area contributed by atoms with Gasteiger partial charge in [-0.2, -0.15) is 0 Å². The lowest BCUT2D eigenvalue weighted by atomic mass is 10.0. The van der Waals surface area contributed by atoms with Crippen LogP contribution in [0.3, 0.4) is 0 Å². The minimum Gasteiger partial charge on any atom is -0.393 e. The standard InChI is InChI=1S/C8H10N2O4/c1-8(12,5-11)7-4-6(10(13)14)2-3-9-7/h2-4,11-12H,5H2,1H3/t8-/m0/s1. The molecule has 6 nitrogen and oxygen atoms in total. The fourth-order valence-electron chi connectivity index (χ4n) is 0.908. The number of aliphatic hydroxyl groups excluding tert-OH is 1. The molecule has 0 amide bonds. The first-order chi connectivity index (χ1) is 6.47. The average molecular weight is 198 g/mol. The summed E-state index contributed by atoms with van der Waals surface area (Å²) in [6, 6.07) is 2.35. The van der Waals surface area contributed by atoms with Gasteiger partial charge in [0.2, 0.25) is 0 Å². The Hall–Kier alpha value is -1.53. The molecule has 2 N–H and O–H groups in total. The Morgan fingerprint density at radius 2 is 2.36 bits per heavy atom.